The van der Waals surface area contributed by atoms with Crippen molar-refractivity contribution in [2.75, 3.05) is 21.3 Å². The third-order valence-corrected chi connectivity index (χ3v) is 4.88. The van der Waals surface area contributed by atoms with Gasteiger partial charge in [0.1, 0.15) is 0 Å². The van der Waals surface area contributed by atoms with Gasteiger partial charge in [-0.1, -0.05) is 78.9 Å². The zero-order valence-corrected chi connectivity index (χ0v) is 17.8. The van der Waals surface area contributed by atoms with E-state index in [-0.39, 0.29) is 0 Å². The Labute approximate surface area is 182 Å². The Morgan fingerprint density at radius 2 is 1.23 bits per heavy atom. The van der Waals surface area contributed by atoms with Gasteiger partial charge in [0, 0.05) is 30.9 Å². The SMILES string of the molecule is COC.COC(=O)c1ccc2ccc(C=O)c(-c3ccccc3)c2c1-c1ccccc1. The maximum Gasteiger partial charge on any atom is 0.338 e. The van der Waals surface area contributed by atoms with E-state index in [1.807, 2.05) is 78.9 Å². The van der Waals surface area contributed by atoms with Crippen molar-refractivity contribution in [1.82, 2.24) is 0 Å². The van der Waals surface area contributed by atoms with Crippen LogP contribution in [-0.2, 0) is 9.47 Å². The molecule has 0 fully saturated rings. The summed E-state index contributed by atoms with van der Waals surface area (Å²) in [5.41, 5.74) is 4.47. The Balaban J connectivity index is 0.000000858. The van der Waals surface area contributed by atoms with Crippen LogP contribution >= 0.6 is 0 Å². The van der Waals surface area contributed by atoms with E-state index in [0.29, 0.717) is 11.1 Å². The monoisotopic (exact) mass is 412 g/mol. The van der Waals surface area contributed by atoms with Gasteiger partial charge in [0.15, 0.2) is 6.29 Å². The van der Waals surface area contributed by atoms with E-state index in [0.717, 1.165) is 39.3 Å². The number of ether oxygens (including phenoxy) is 2. The summed E-state index contributed by atoms with van der Waals surface area (Å²) in [6, 6.07) is 26.9. The first kappa shape index (κ1) is 21.9. The molecule has 0 aliphatic carbocycles. The quantitative estimate of drug-likeness (QED) is 0.303. The van der Waals surface area contributed by atoms with Gasteiger partial charge in [-0.2, -0.15) is 0 Å². The van der Waals surface area contributed by atoms with Crippen LogP contribution in [0.25, 0.3) is 33.0 Å². The van der Waals surface area contributed by atoms with Gasteiger partial charge in [-0.25, -0.2) is 4.79 Å². The van der Waals surface area contributed by atoms with E-state index in [1.54, 1.807) is 20.3 Å². The lowest BCUT2D eigenvalue weighted by molar-refractivity contribution is 0.0601. The molecule has 4 nitrogen and oxygen atoms in total. The summed E-state index contributed by atoms with van der Waals surface area (Å²) in [5, 5.41) is 1.82. The molecule has 0 amide bonds. The third-order valence-electron chi connectivity index (χ3n) is 4.88. The average molecular weight is 412 g/mol. The maximum atomic E-state index is 12.6. The molecule has 0 saturated heterocycles. The summed E-state index contributed by atoms with van der Waals surface area (Å²) >= 11 is 0. The van der Waals surface area contributed by atoms with E-state index in [4.69, 9.17) is 4.74 Å². The van der Waals surface area contributed by atoms with Gasteiger partial charge in [0.2, 0.25) is 0 Å². The van der Waals surface area contributed by atoms with Crippen LogP contribution < -0.4 is 0 Å². The molecule has 31 heavy (non-hydrogen) atoms. The molecule has 4 heteroatoms. The summed E-state index contributed by atoms with van der Waals surface area (Å²) in [4.78, 5) is 24.4. The molecule has 4 aromatic carbocycles. The summed E-state index contributed by atoms with van der Waals surface area (Å²) < 4.78 is 9.29. The van der Waals surface area contributed by atoms with Crippen molar-refractivity contribution >= 4 is 23.0 Å². The molecule has 0 aliphatic heterocycles. The van der Waals surface area contributed by atoms with Gasteiger partial charge in [-0.15, -0.1) is 0 Å². The van der Waals surface area contributed by atoms with Crippen molar-refractivity contribution in [2.45, 2.75) is 0 Å². The number of hydrogen-bond donors (Lipinski definition) is 0. The van der Waals surface area contributed by atoms with Crippen LogP contribution in [0.2, 0.25) is 0 Å². The van der Waals surface area contributed by atoms with Crippen LogP contribution in [0.3, 0.4) is 0 Å². The number of benzene rings is 4. The van der Waals surface area contributed by atoms with Gasteiger partial charge in [-0.05, 0) is 28.0 Å². The Morgan fingerprint density at radius 1 is 0.710 bits per heavy atom. The number of fused-ring (bicyclic) bond motifs is 1. The number of aldehydes is 1. The number of methoxy groups -OCH3 is 2. The third kappa shape index (κ3) is 4.55. The first-order valence-corrected chi connectivity index (χ1v) is 9.80. The second-order valence-electron chi connectivity index (χ2n) is 6.87. The van der Waals surface area contributed by atoms with Gasteiger partial charge in [0.05, 0.1) is 12.7 Å². The molecule has 0 spiro atoms. The van der Waals surface area contributed by atoms with Gasteiger partial charge >= 0.3 is 5.97 Å². The van der Waals surface area contributed by atoms with Crippen molar-refractivity contribution in [3.05, 3.63) is 96.1 Å². The lowest BCUT2D eigenvalue weighted by Gasteiger charge is -2.17. The fraction of sp³-hybridized carbons (Fsp3) is 0.111. The minimum atomic E-state index is -0.406. The Kier molecular flexibility index (Phi) is 7.31. The molecule has 4 rings (SSSR count). The standard InChI is InChI=1S/C25H18O3.C2H6O/c1-28-25(27)21-15-14-19-12-13-20(16-26)22(17-8-4-2-5-9-17)24(19)23(21)18-10-6-3-7-11-18;1-3-2/h2-16H,1H3;1-2H3. The second kappa shape index (κ2) is 10.3. The predicted molar refractivity (Wildman–Crippen MR) is 124 cm³/mol. The van der Waals surface area contributed by atoms with E-state index in [2.05, 4.69) is 4.74 Å². The molecular formula is C27H24O4. The van der Waals surface area contributed by atoms with Crippen LogP contribution in [0, 0.1) is 0 Å². The molecule has 0 N–H and O–H groups in total. The molecule has 0 bridgehead atoms. The number of carbonyl (C=O) groups excluding carboxylic acids is 2. The summed E-state index contributed by atoms with van der Waals surface area (Å²) in [7, 11) is 4.63. The minimum Gasteiger partial charge on any atom is -0.465 e. The molecule has 0 radical (unpaired) electrons. The predicted octanol–water partition coefficient (Wildman–Crippen LogP) is 6.04. The van der Waals surface area contributed by atoms with Crippen LogP contribution in [0.15, 0.2) is 84.9 Å². The number of hydrogen-bond acceptors (Lipinski definition) is 4. The molecule has 4 aromatic rings. The normalized spacial score (nSPS) is 10.2. The molecule has 0 heterocycles. The van der Waals surface area contributed by atoms with Crippen LogP contribution in [0.5, 0.6) is 0 Å². The van der Waals surface area contributed by atoms with Crippen molar-refractivity contribution in [1.29, 1.82) is 0 Å². The van der Waals surface area contributed by atoms with E-state index in [1.165, 1.54) is 7.11 Å². The zero-order valence-electron chi connectivity index (χ0n) is 17.8. The highest BCUT2D eigenvalue weighted by Crippen LogP contribution is 2.40. The Hall–Kier alpha value is -3.76. The highest BCUT2D eigenvalue weighted by molar-refractivity contribution is 6.16. The fourth-order valence-electron chi connectivity index (χ4n) is 3.63. The van der Waals surface area contributed by atoms with Crippen LogP contribution in [-0.4, -0.2) is 33.6 Å². The number of carbonyl (C=O) groups is 2. The molecular weight excluding hydrogens is 388 g/mol. The topological polar surface area (TPSA) is 52.6 Å². The van der Waals surface area contributed by atoms with Crippen molar-refractivity contribution in [3.8, 4) is 22.3 Å². The van der Waals surface area contributed by atoms with Crippen molar-refractivity contribution < 1.29 is 19.1 Å². The van der Waals surface area contributed by atoms with E-state index >= 15 is 0 Å². The molecule has 156 valence electrons. The minimum absolute atomic E-state index is 0.406. The summed E-state index contributed by atoms with van der Waals surface area (Å²) in [6.45, 7) is 0. The van der Waals surface area contributed by atoms with Gasteiger partial charge in [0.25, 0.3) is 0 Å². The zero-order chi connectivity index (χ0) is 22.2. The number of rotatable bonds is 4. The Morgan fingerprint density at radius 3 is 1.74 bits per heavy atom. The van der Waals surface area contributed by atoms with Gasteiger partial charge < -0.3 is 9.47 Å². The van der Waals surface area contributed by atoms with E-state index < -0.39 is 5.97 Å². The maximum absolute atomic E-state index is 12.6. The van der Waals surface area contributed by atoms with Crippen LogP contribution in [0.4, 0.5) is 0 Å². The largest absolute Gasteiger partial charge is 0.465 e. The lowest BCUT2D eigenvalue weighted by Crippen LogP contribution is -2.05. The van der Waals surface area contributed by atoms with Crippen molar-refractivity contribution in [3.63, 3.8) is 0 Å². The average Bonchev–Trinajstić information content (AvgIpc) is 2.83. The first-order valence-electron chi connectivity index (χ1n) is 9.80. The van der Waals surface area contributed by atoms with Crippen LogP contribution in [0.1, 0.15) is 20.7 Å². The molecule has 0 atom stereocenters. The highest BCUT2D eigenvalue weighted by Gasteiger charge is 2.20. The summed E-state index contributed by atoms with van der Waals surface area (Å²) in [6.07, 6.45) is 0.862. The molecule has 0 aromatic heterocycles. The fourth-order valence-corrected chi connectivity index (χ4v) is 3.63. The van der Waals surface area contributed by atoms with E-state index in [9.17, 15) is 9.59 Å². The smallest absolute Gasteiger partial charge is 0.338 e. The molecule has 0 saturated carbocycles. The van der Waals surface area contributed by atoms with Crippen molar-refractivity contribution in [2.24, 2.45) is 0 Å². The highest BCUT2D eigenvalue weighted by atomic mass is 16.5. The molecule has 0 unspecified atom stereocenters. The lowest BCUT2D eigenvalue weighted by atomic mass is 9.86. The number of esters is 1. The Bertz CT molecular complexity index is 1180. The first-order chi connectivity index (χ1) is 15.2. The summed E-state index contributed by atoms with van der Waals surface area (Å²) in [5.74, 6) is -0.406. The van der Waals surface area contributed by atoms with Gasteiger partial charge in [-0.3, -0.25) is 4.79 Å². The second-order valence-corrected chi connectivity index (χ2v) is 6.87. The molecule has 0 aliphatic rings.